The number of ketones is 1. The lowest BCUT2D eigenvalue weighted by molar-refractivity contribution is -0.151. The highest BCUT2D eigenvalue weighted by atomic mass is 127. The summed E-state index contributed by atoms with van der Waals surface area (Å²) >= 11 is 1.92. The summed E-state index contributed by atoms with van der Waals surface area (Å²) in [6.45, 7) is 3.43. The Labute approximate surface area is 192 Å². The maximum Gasteiger partial charge on any atom is 0.305 e. The molecule has 0 aromatic heterocycles. The molecule has 168 valence electrons. The maximum absolute atomic E-state index is 12.8. The van der Waals surface area contributed by atoms with E-state index in [9.17, 15) is 19.5 Å². The molecule has 1 aliphatic carbocycles. The van der Waals surface area contributed by atoms with E-state index in [1.807, 2.05) is 34.7 Å². The summed E-state index contributed by atoms with van der Waals surface area (Å²) in [6.07, 6.45) is 14.0. The topological polar surface area (TPSA) is 89.9 Å². The van der Waals surface area contributed by atoms with Crippen LogP contribution in [0.3, 0.4) is 0 Å². The number of hydrogen-bond donors (Lipinski definition) is 1. The average molecular weight is 532 g/mol. The lowest BCUT2D eigenvalue weighted by Gasteiger charge is -2.31. The Kier molecular flexibility index (Phi) is 12.2. The molecule has 1 N–H and O–H groups in total. The lowest BCUT2D eigenvalue weighted by atomic mass is 9.82. The molecule has 0 aromatic carbocycles. The van der Waals surface area contributed by atoms with Crippen LogP contribution in [0.4, 0.5) is 0 Å². The smallest absolute Gasteiger partial charge is 0.305 e. The van der Waals surface area contributed by atoms with Crippen molar-refractivity contribution < 1.29 is 29.0 Å². The first kappa shape index (κ1) is 26.6. The highest BCUT2D eigenvalue weighted by Gasteiger charge is 2.50. The van der Waals surface area contributed by atoms with Gasteiger partial charge in [-0.05, 0) is 66.8 Å². The number of halogens is 1. The minimum atomic E-state index is -1.41. The van der Waals surface area contributed by atoms with Crippen LogP contribution < -0.4 is 0 Å². The highest BCUT2D eigenvalue weighted by Crippen LogP contribution is 2.40. The van der Waals surface area contributed by atoms with Crippen LogP contribution in [0.15, 0.2) is 34.0 Å². The summed E-state index contributed by atoms with van der Waals surface area (Å²) in [4.78, 5) is 35.6. The van der Waals surface area contributed by atoms with E-state index in [0.29, 0.717) is 16.4 Å². The van der Waals surface area contributed by atoms with Crippen LogP contribution in [0.1, 0.15) is 65.2 Å². The predicted molar refractivity (Wildman–Crippen MR) is 124 cm³/mol. The van der Waals surface area contributed by atoms with Crippen LogP contribution in [0.25, 0.3) is 0 Å². The fourth-order valence-corrected chi connectivity index (χ4v) is 4.26. The van der Waals surface area contributed by atoms with Crippen molar-refractivity contribution in [2.45, 2.75) is 76.9 Å². The van der Waals surface area contributed by atoms with Gasteiger partial charge in [0, 0.05) is 13.3 Å². The molecule has 6 nitrogen and oxygen atoms in total. The third-order valence-corrected chi connectivity index (χ3v) is 5.80. The van der Waals surface area contributed by atoms with E-state index in [1.54, 1.807) is 18.2 Å². The molecule has 30 heavy (non-hydrogen) atoms. The van der Waals surface area contributed by atoms with Gasteiger partial charge in [-0.25, -0.2) is 0 Å². The molecule has 0 aliphatic heterocycles. The van der Waals surface area contributed by atoms with E-state index >= 15 is 0 Å². The maximum atomic E-state index is 12.8. The second kappa shape index (κ2) is 13.7. The Morgan fingerprint density at radius 3 is 2.57 bits per heavy atom. The summed E-state index contributed by atoms with van der Waals surface area (Å²) in [5, 5.41) is 11.2. The third kappa shape index (κ3) is 8.71. The molecular formula is C23H33IO6. The van der Waals surface area contributed by atoms with Crippen molar-refractivity contribution in [1.82, 2.24) is 0 Å². The second-order valence-electron chi connectivity index (χ2n) is 7.47. The van der Waals surface area contributed by atoms with Crippen LogP contribution in [0, 0.1) is 5.92 Å². The molecule has 0 amide bonds. The summed E-state index contributed by atoms with van der Waals surface area (Å²) in [5.74, 6) is -1.94. The molecule has 0 fully saturated rings. The summed E-state index contributed by atoms with van der Waals surface area (Å²) in [7, 11) is 1.34. The number of methoxy groups -OCH3 is 1. The van der Waals surface area contributed by atoms with E-state index in [4.69, 9.17) is 4.74 Å². The van der Waals surface area contributed by atoms with Gasteiger partial charge in [0.05, 0.1) is 16.6 Å². The molecule has 0 radical (unpaired) electrons. The third-order valence-electron chi connectivity index (χ3n) is 4.95. The fraction of sp³-hybridized carbons (Fsp3) is 0.609. The normalized spacial score (nSPS) is 22.5. The first-order valence-electron chi connectivity index (χ1n) is 10.5. The Balaban J connectivity index is 2.88. The standard InChI is InChI=1S/C23H33IO6/c1-4-5-6-7-8-12-15-23(28)16-18(24)22(27)21(23)19(30-17(2)25)13-10-9-11-14-20(26)29-3/h8,10,12-13,16,19,21,28H,4-7,9,11,14-15H2,1-3H3/b12-8-,13-10+. The molecule has 0 aromatic rings. The fourth-order valence-electron chi connectivity index (χ4n) is 3.38. The summed E-state index contributed by atoms with van der Waals surface area (Å²) in [6, 6.07) is 0. The first-order valence-corrected chi connectivity index (χ1v) is 11.5. The molecule has 0 saturated heterocycles. The number of allylic oxidation sites excluding steroid dienone is 3. The van der Waals surface area contributed by atoms with Gasteiger partial charge in [0.25, 0.3) is 0 Å². The second-order valence-corrected chi connectivity index (χ2v) is 8.63. The lowest BCUT2D eigenvalue weighted by Crippen LogP contribution is -2.44. The molecule has 3 unspecified atom stereocenters. The number of carbonyl (C=O) groups is 3. The van der Waals surface area contributed by atoms with E-state index in [-0.39, 0.29) is 24.6 Å². The molecule has 0 heterocycles. The Hall–Kier alpha value is -1.48. The van der Waals surface area contributed by atoms with Crippen molar-refractivity contribution in [1.29, 1.82) is 0 Å². The van der Waals surface area contributed by atoms with Crippen LogP contribution in [0.5, 0.6) is 0 Å². The van der Waals surface area contributed by atoms with Gasteiger partial charge >= 0.3 is 11.9 Å². The van der Waals surface area contributed by atoms with Crippen molar-refractivity contribution in [2.75, 3.05) is 7.11 Å². The van der Waals surface area contributed by atoms with Gasteiger partial charge in [0.2, 0.25) is 0 Å². The zero-order valence-electron chi connectivity index (χ0n) is 18.1. The molecular weight excluding hydrogens is 499 g/mol. The predicted octanol–water partition coefficient (Wildman–Crippen LogP) is 4.59. The van der Waals surface area contributed by atoms with Crippen molar-refractivity contribution in [3.63, 3.8) is 0 Å². The quantitative estimate of drug-likeness (QED) is 0.162. The molecule has 1 aliphatic rings. The number of aliphatic hydroxyl groups is 1. The van der Waals surface area contributed by atoms with Gasteiger partial charge in [-0.2, -0.15) is 0 Å². The number of unbranched alkanes of at least 4 members (excludes halogenated alkanes) is 4. The average Bonchev–Trinajstić information content (AvgIpc) is 2.91. The number of carbonyl (C=O) groups excluding carboxylic acids is 3. The summed E-state index contributed by atoms with van der Waals surface area (Å²) < 4.78 is 10.4. The van der Waals surface area contributed by atoms with Crippen LogP contribution >= 0.6 is 22.6 Å². The Morgan fingerprint density at radius 2 is 1.93 bits per heavy atom. The number of ether oxygens (including phenoxy) is 2. The van der Waals surface area contributed by atoms with Crippen LogP contribution in [0.2, 0.25) is 0 Å². The Morgan fingerprint density at radius 1 is 1.23 bits per heavy atom. The van der Waals surface area contributed by atoms with Crippen molar-refractivity contribution in [3.05, 3.63) is 34.0 Å². The number of esters is 2. The summed E-state index contributed by atoms with van der Waals surface area (Å²) in [5.41, 5.74) is -1.41. The van der Waals surface area contributed by atoms with Gasteiger partial charge in [0.15, 0.2) is 5.78 Å². The van der Waals surface area contributed by atoms with Gasteiger partial charge in [0.1, 0.15) is 11.7 Å². The highest BCUT2D eigenvalue weighted by molar-refractivity contribution is 14.1. The van der Waals surface area contributed by atoms with Crippen LogP contribution in [-0.2, 0) is 23.9 Å². The van der Waals surface area contributed by atoms with Gasteiger partial charge in [-0.15, -0.1) is 0 Å². The van der Waals surface area contributed by atoms with Gasteiger partial charge in [-0.1, -0.05) is 38.0 Å². The molecule has 1 rings (SSSR count). The van der Waals surface area contributed by atoms with Gasteiger partial charge < -0.3 is 14.6 Å². The zero-order chi connectivity index (χ0) is 22.6. The molecule has 3 atom stereocenters. The van der Waals surface area contributed by atoms with E-state index in [1.165, 1.54) is 14.0 Å². The SMILES string of the molecule is CCCCC/C=C\CC1(O)C=C(I)C(=O)C1C(/C=C/CCCC(=O)OC)OC(C)=O. The van der Waals surface area contributed by atoms with Gasteiger partial charge in [-0.3, -0.25) is 14.4 Å². The number of hydrogen-bond acceptors (Lipinski definition) is 6. The van der Waals surface area contributed by atoms with E-state index in [2.05, 4.69) is 11.7 Å². The monoisotopic (exact) mass is 532 g/mol. The molecule has 0 saturated carbocycles. The van der Waals surface area contributed by atoms with Crippen molar-refractivity contribution in [2.24, 2.45) is 5.92 Å². The number of rotatable bonds is 13. The number of Topliss-reactive ketones (excluding diaryl/α,β-unsaturated/α-hetero) is 1. The molecule has 0 spiro atoms. The minimum Gasteiger partial charge on any atom is -0.469 e. The van der Waals surface area contributed by atoms with Crippen molar-refractivity contribution in [3.8, 4) is 0 Å². The molecule has 7 heteroatoms. The van der Waals surface area contributed by atoms with E-state index in [0.717, 1.165) is 25.7 Å². The van der Waals surface area contributed by atoms with Crippen LogP contribution in [-0.4, -0.2) is 41.6 Å². The van der Waals surface area contributed by atoms with Crippen molar-refractivity contribution >= 4 is 40.3 Å². The molecule has 0 bridgehead atoms. The first-order chi connectivity index (χ1) is 14.2. The van der Waals surface area contributed by atoms with E-state index < -0.39 is 23.6 Å². The zero-order valence-corrected chi connectivity index (χ0v) is 20.2. The Bertz CT molecular complexity index is 681. The largest absolute Gasteiger partial charge is 0.469 e. The minimum absolute atomic E-state index is 0.233.